The highest BCUT2D eigenvalue weighted by Gasteiger charge is 2.09. The van der Waals surface area contributed by atoms with Gasteiger partial charge in [-0.25, -0.2) is 0 Å². The van der Waals surface area contributed by atoms with Gasteiger partial charge < -0.3 is 9.88 Å². The third-order valence-electron chi connectivity index (χ3n) is 3.40. The lowest BCUT2D eigenvalue weighted by atomic mass is 10.2. The van der Waals surface area contributed by atoms with Crippen molar-refractivity contribution in [2.75, 3.05) is 6.54 Å². The van der Waals surface area contributed by atoms with E-state index < -0.39 is 0 Å². The average molecular weight is 305 g/mol. The molecule has 2 nitrogen and oxygen atoms in total. The quantitative estimate of drug-likeness (QED) is 0.733. The molecule has 0 saturated heterocycles. The third-order valence-corrected chi connectivity index (χ3v) is 4.61. The fourth-order valence-corrected chi connectivity index (χ4v) is 3.52. The van der Waals surface area contributed by atoms with Crippen LogP contribution >= 0.6 is 22.9 Å². The molecule has 1 aromatic carbocycles. The zero-order valence-electron chi connectivity index (χ0n) is 11.4. The molecule has 0 unspecified atom stereocenters. The standard InChI is InChI=1S/C16H17ClN2S/c1-2-18-10-13-9-12-5-3-4-6-15(12)19(13)11-14-7-8-16(17)20-14/h3-9,18H,2,10-11H2,1H3. The van der Waals surface area contributed by atoms with Crippen molar-refractivity contribution in [3.05, 3.63) is 57.4 Å². The Labute approximate surface area is 128 Å². The molecule has 3 rings (SSSR count). The fraction of sp³-hybridized carbons (Fsp3) is 0.250. The van der Waals surface area contributed by atoms with Gasteiger partial charge in [0.05, 0.1) is 10.9 Å². The minimum atomic E-state index is 0.852. The van der Waals surface area contributed by atoms with Crippen LogP contribution in [-0.4, -0.2) is 11.1 Å². The van der Waals surface area contributed by atoms with Crippen LogP contribution in [0.25, 0.3) is 10.9 Å². The lowest BCUT2D eigenvalue weighted by Gasteiger charge is -2.10. The van der Waals surface area contributed by atoms with E-state index in [9.17, 15) is 0 Å². The van der Waals surface area contributed by atoms with Gasteiger partial charge in [-0.05, 0) is 36.2 Å². The molecule has 0 bridgehead atoms. The minimum absolute atomic E-state index is 0.852. The van der Waals surface area contributed by atoms with Crippen LogP contribution in [0.3, 0.4) is 0 Å². The van der Waals surface area contributed by atoms with Gasteiger partial charge in [-0.3, -0.25) is 0 Å². The molecular formula is C16H17ClN2S. The second kappa shape index (κ2) is 6.00. The molecule has 1 N–H and O–H groups in total. The summed E-state index contributed by atoms with van der Waals surface area (Å²) in [5, 5.41) is 4.71. The smallest absolute Gasteiger partial charge is 0.0931 e. The van der Waals surface area contributed by atoms with Gasteiger partial charge in [0.2, 0.25) is 0 Å². The average Bonchev–Trinajstić information content (AvgIpc) is 3.02. The topological polar surface area (TPSA) is 17.0 Å². The van der Waals surface area contributed by atoms with Crippen molar-refractivity contribution in [2.45, 2.75) is 20.0 Å². The van der Waals surface area contributed by atoms with Crippen LogP contribution in [0.1, 0.15) is 17.5 Å². The number of halogens is 1. The molecule has 0 aliphatic carbocycles. The van der Waals surface area contributed by atoms with Crippen molar-refractivity contribution in [3.8, 4) is 0 Å². The van der Waals surface area contributed by atoms with Crippen molar-refractivity contribution in [1.29, 1.82) is 0 Å². The molecule has 2 aromatic heterocycles. The third kappa shape index (κ3) is 2.75. The summed E-state index contributed by atoms with van der Waals surface area (Å²) in [6, 6.07) is 14.9. The Bertz CT molecular complexity index is 714. The molecule has 0 saturated carbocycles. The maximum atomic E-state index is 6.04. The second-order valence-electron chi connectivity index (χ2n) is 4.77. The molecule has 3 aromatic rings. The number of benzene rings is 1. The molecule has 0 aliphatic rings. The molecule has 2 heterocycles. The SMILES string of the molecule is CCNCc1cc2ccccc2n1Cc1ccc(Cl)s1. The number of thiophene rings is 1. The predicted octanol–water partition coefficient (Wildman–Crippen LogP) is 4.51. The van der Waals surface area contributed by atoms with Crippen LogP contribution in [0.5, 0.6) is 0 Å². The number of rotatable bonds is 5. The van der Waals surface area contributed by atoms with Crippen LogP contribution in [0, 0.1) is 0 Å². The Kier molecular flexibility index (Phi) is 4.10. The van der Waals surface area contributed by atoms with Crippen molar-refractivity contribution in [2.24, 2.45) is 0 Å². The van der Waals surface area contributed by atoms with E-state index >= 15 is 0 Å². The van der Waals surface area contributed by atoms with Gasteiger partial charge in [-0.1, -0.05) is 36.7 Å². The van der Waals surface area contributed by atoms with E-state index in [-0.39, 0.29) is 0 Å². The number of nitrogens with zero attached hydrogens (tertiary/aromatic N) is 1. The van der Waals surface area contributed by atoms with E-state index in [0.29, 0.717) is 0 Å². The normalized spacial score (nSPS) is 11.3. The van der Waals surface area contributed by atoms with Gasteiger partial charge in [0.15, 0.2) is 0 Å². The van der Waals surface area contributed by atoms with E-state index in [1.807, 2.05) is 6.07 Å². The summed E-state index contributed by atoms with van der Waals surface area (Å²) in [6.07, 6.45) is 0. The van der Waals surface area contributed by atoms with Crippen molar-refractivity contribution in [1.82, 2.24) is 9.88 Å². The highest BCUT2D eigenvalue weighted by Crippen LogP contribution is 2.26. The number of fused-ring (bicyclic) bond motifs is 1. The second-order valence-corrected chi connectivity index (χ2v) is 6.57. The van der Waals surface area contributed by atoms with Gasteiger partial charge in [0.1, 0.15) is 0 Å². The lowest BCUT2D eigenvalue weighted by Crippen LogP contribution is -2.15. The monoisotopic (exact) mass is 304 g/mol. The summed E-state index contributed by atoms with van der Waals surface area (Å²) < 4.78 is 3.23. The van der Waals surface area contributed by atoms with Crippen molar-refractivity contribution >= 4 is 33.8 Å². The van der Waals surface area contributed by atoms with E-state index in [1.165, 1.54) is 21.5 Å². The molecule has 0 fully saturated rings. The first kappa shape index (κ1) is 13.7. The van der Waals surface area contributed by atoms with E-state index in [4.69, 9.17) is 11.6 Å². The van der Waals surface area contributed by atoms with E-state index in [0.717, 1.165) is 24.0 Å². The Hall–Kier alpha value is -1.29. The van der Waals surface area contributed by atoms with Crippen LogP contribution < -0.4 is 5.32 Å². The minimum Gasteiger partial charge on any atom is -0.338 e. The first-order chi connectivity index (χ1) is 9.78. The van der Waals surface area contributed by atoms with Crippen molar-refractivity contribution < 1.29 is 0 Å². The first-order valence-corrected chi connectivity index (χ1v) is 7.99. The molecule has 4 heteroatoms. The summed E-state index contributed by atoms with van der Waals surface area (Å²) in [5.74, 6) is 0. The molecule has 0 radical (unpaired) electrons. The number of para-hydroxylation sites is 1. The zero-order chi connectivity index (χ0) is 13.9. The van der Waals surface area contributed by atoms with Gasteiger partial charge in [-0.15, -0.1) is 11.3 Å². The largest absolute Gasteiger partial charge is 0.338 e. The Morgan fingerprint density at radius 3 is 2.80 bits per heavy atom. The summed E-state index contributed by atoms with van der Waals surface area (Å²) in [7, 11) is 0. The summed E-state index contributed by atoms with van der Waals surface area (Å²) >= 11 is 7.69. The highest BCUT2D eigenvalue weighted by molar-refractivity contribution is 7.16. The van der Waals surface area contributed by atoms with Gasteiger partial charge in [-0.2, -0.15) is 0 Å². The van der Waals surface area contributed by atoms with Crippen molar-refractivity contribution in [3.63, 3.8) is 0 Å². The van der Waals surface area contributed by atoms with E-state index in [2.05, 4.69) is 53.2 Å². The molecule has 104 valence electrons. The maximum absolute atomic E-state index is 6.04. The first-order valence-electron chi connectivity index (χ1n) is 6.80. The van der Waals surface area contributed by atoms with Crippen LogP contribution in [-0.2, 0) is 13.1 Å². The van der Waals surface area contributed by atoms with Crippen LogP contribution in [0.4, 0.5) is 0 Å². The molecule has 0 atom stereocenters. The lowest BCUT2D eigenvalue weighted by molar-refractivity contribution is 0.669. The number of hydrogen-bond acceptors (Lipinski definition) is 2. The zero-order valence-corrected chi connectivity index (χ0v) is 13.0. The molecule has 0 spiro atoms. The van der Waals surface area contributed by atoms with Gasteiger partial charge >= 0.3 is 0 Å². The Morgan fingerprint density at radius 2 is 2.05 bits per heavy atom. The Morgan fingerprint density at radius 1 is 1.20 bits per heavy atom. The number of aromatic nitrogens is 1. The van der Waals surface area contributed by atoms with Gasteiger partial charge in [0, 0.05) is 22.6 Å². The van der Waals surface area contributed by atoms with Crippen LogP contribution in [0.2, 0.25) is 4.34 Å². The summed E-state index contributed by atoms with van der Waals surface area (Å²) in [4.78, 5) is 1.29. The number of nitrogens with one attached hydrogen (secondary N) is 1. The molecule has 0 aliphatic heterocycles. The van der Waals surface area contributed by atoms with Crippen LogP contribution in [0.15, 0.2) is 42.5 Å². The molecule has 0 amide bonds. The van der Waals surface area contributed by atoms with E-state index in [1.54, 1.807) is 11.3 Å². The Balaban J connectivity index is 2.01. The predicted molar refractivity (Wildman–Crippen MR) is 87.7 cm³/mol. The summed E-state index contributed by atoms with van der Waals surface area (Å²) in [6.45, 7) is 4.88. The fourth-order valence-electron chi connectivity index (χ4n) is 2.45. The number of hydrogen-bond donors (Lipinski definition) is 1. The highest BCUT2D eigenvalue weighted by atomic mass is 35.5. The molecule has 20 heavy (non-hydrogen) atoms. The molecular weight excluding hydrogens is 288 g/mol. The maximum Gasteiger partial charge on any atom is 0.0931 e. The summed E-state index contributed by atoms with van der Waals surface area (Å²) in [5.41, 5.74) is 2.60. The van der Waals surface area contributed by atoms with Gasteiger partial charge in [0.25, 0.3) is 0 Å².